The van der Waals surface area contributed by atoms with Gasteiger partial charge in [0.15, 0.2) is 0 Å². The topological polar surface area (TPSA) is 29.3 Å². The highest BCUT2D eigenvalue weighted by molar-refractivity contribution is 4.90. The fourth-order valence-electron chi connectivity index (χ4n) is 2.92. The molecule has 0 bridgehead atoms. The van der Waals surface area contributed by atoms with E-state index in [4.69, 9.17) is 5.73 Å². The van der Waals surface area contributed by atoms with Crippen molar-refractivity contribution in [3.63, 3.8) is 0 Å². The van der Waals surface area contributed by atoms with Crippen LogP contribution in [0.2, 0.25) is 0 Å². The summed E-state index contributed by atoms with van der Waals surface area (Å²) in [5.41, 5.74) is 5.69. The molecule has 2 heteroatoms. The van der Waals surface area contributed by atoms with Gasteiger partial charge in [-0.2, -0.15) is 0 Å². The number of hydrogen-bond donors (Lipinski definition) is 1. The van der Waals surface area contributed by atoms with Crippen LogP contribution in [0.25, 0.3) is 0 Å². The molecular weight excluding hydrogens is 172 g/mol. The molecule has 0 amide bonds. The zero-order valence-electron chi connectivity index (χ0n) is 9.41. The molecule has 2 rings (SSSR count). The summed E-state index contributed by atoms with van der Waals surface area (Å²) in [6, 6.07) is 1.75. The number of nitrogens with two attached hydrogens (primary N) is 1. The van der Waals surface area contributed by atoms with E-state index in [1.807, 2.05) is 0 Å². The van der Waals surface area contributed by atoms with E-state index in [1.54, 1.807) is 0 Å². The van der Waals surface area contributed by atoms with Crippen LogP contribution >= 0.6 is 0 Å². The normalized spacial score (nSPS) is 33.6. The molecule has 2 atom stereocenters. The van der Waals surface area contributed by atoms with Crippen molar-refractivity contribution in [1.82, 2.24) is 4.90 Å². The molecule has 0 spiro atoms. The lowest BCUT2D eigenvalue weighted by Crippen LogP contribution is -2.42. The molecule has 2 aliphatic carbocycles. The highest BCUT2D eigenvalue weighted by atomic mass is 15.2. The third-order valence-corrected chi connectivity index (χ3v) is 3.78. The third-order valence-electron chi connectivity index (χ3n) is 3.78. The summed E-state index contributed by atoms with van der Waals surface area (Å²) in [4.78, 5) is 2.70. The third kappa shape index (κ3) is 2.48. The highest BCUT2D eigenvalue weighted by Crippen LogP contribution is 2.34. The van der Waals surface area contributed by atoms with Gasteiger partial charge in [-0.15, -0.1) is 0 Å². The van der Waals surface area contributed by atoms with Gasteiger partial charge in [0.2, 0.25) is 0 Å². The van der Waals surface area contributed by atoms with E-state index in [0.29, 0.717) is 0 Å². The smallest absolute Gasteiger partial charge is 0.0110 e. The van der Waals surface area contributed by atoms with E-state index in [2.05, 4.69) is 11.8 Å². The minimum atomic E-state index is 0.835. The van der Waals surface area contributed by atoms with Gasteiger partial charge in [-0.3, -0.25) is 4.90 Å². The maximum atomic E-state index is 5.69. The van der Waals surface area contributed by atoms with E-state index in [1.165, 1.54) is 38.5 Å². The van der Waals surface area contributed by atoms with Crippen LogP contribution in [0.15, 0.2) is 0 Å². The van der Waals surface area contributed by atoms with Crippen molar-refractivity contribution in [2.24, 2.45) is 11.7 Å². The van der Waals surface area contributed by atoms with Gasteiger partial charge in [0.25, 0.3) is 0 Å². The summed E-state index contributed by atoms with van der Waals surface area (Å²) in [6.45, 7) is 4.36. The fraction of sp³-hybridized carbons (Fsp3) is 1.00. The highest BCUT2D eigenvalue weighted by Gasteiger charge is 2.34. The van der Waals surface area contributed by atoms with E-state index in [-0.39, 0.29) is 0 Å². The van der Waals surface area contributed by atoms with E-state index in [0.717, 1.165) is 31.1 Å². The molecule has 2 fully saturated rings. The van der Waals surface area contributed by atoms with Gasteiger partial charge in [0.1, 0.15) is 0 Å². The molecule has 2 saturated carbocycles. The number of hydrogen-bond acceptors (Lipinski definition) is 2. The second-order valence-electron chi connectivity index (χ2n) is 5.18. The maximum absolute atomic E-state index is 5.69. The minimum absolute atomic E-state index is 0.835. The van der Waals surface area contributed by atoms with Gasteiger partial charge in [-0.05, 0) is 31.6 Å². The van der Waals surface area contributed by atoms with Crippen molar-refractivity contribution in [3.8, 4) is 0 Å². The van der Waals surface area contributed by atoms with Crippen LogP contribution in [0.1, 0.15) is 45.4 Å². The maximum Gasteiger partial charge on any atom is 0.0110 e. The SMILES string of the molecule is CC1CCCC(N(CCN)C2CC2)C1. The van der Waals surface area contributed by atoms with Crippen molar-refractivity contribution in [2.45, 2.75) is 57.5 Å². The Morgan fingerprint density at radius 2 is 1.93 bits per heavy atom. The first-order chi connectivity index (χ1) is 6.81. The Labute approximate surface area is 87.8 Å². The largest absolute Gasteiger partial charge is 0.329 e. The molecule has 2 N–H and O–H groups in total. The average Bonchev–Trinajstić information content (AvgIpc) is 2.97. The van der Waals surface area contributed by atoms with Gasteiger partial charge in [-0.25, -0.2) is 0 Å². The summed E-state index contributed by atoms with van der Waals surface area (Å²) in [6.07, 6.45) is 8.55. The van der Waals surface area contributed by atoms with Crippen LogP contribution in [0.5, 0.6) is 0 Å². The lowest BCUT2D eigenvalue weighted by molar-refractivity contribution is 0.130. The van der Waals surface area contributed by atoms with Crippen molar-refractivity contribution < 1.29 is 0 Å². The van der Waals surface area contributed by atoms with E-state index < -0.39 is 0 Å². The lowest BCUT2D eigenvalue weighted by Gasteiger charge is -2.36. The van der Waals surface area contributed by atoms with Gasteiger partial charge >= 0.3 is 0 Å². The van der Waals surface area contributed by atoms with Crippen molar-refractivity contribution >= 4 is 0 Å². The zero-order valence-corrected chi connectivity index (χ0v) is 9.41. The summed E-state index contributed by atoms with van der Waals surface area (Å²) in [5.74, 6) is 0.938. The predicted octanol–water partition coefficient (Wildman–Crippen LogP) is 1.99. The van der Waals surface area contributed by atoms with Gasteiger partial charge < -0.3 is 5.73 Å². The molecule has 0 heterocycles. The van der Waals surface area contributed by atoms with E-state index >= 15 is 0 Å². The Kier molecular flexibility index (Phi) is 3.45. The average molecular weight is 196 g/mol. The van der Waals surface area contributed by atoms with Crippen molar-refractivity contribution in [1.29, 1.82) is 0 Å². The van der Waals surface area contributed by atoms with Gasteiger partial charge in [0, 0.05) is 25.2 Å². The monoisotopic (exact) mass is 196 g/mol. The Balaban J connectivity index is 1.88. The van der Waals surface area contributed by atoms with Crippen LogP contribution in [0.4, 0.5) is 0 Å². The van der Waals surface area contributed by atoms with E-state index in [9.17, 15) is 0 Å². The Morgan fingerprint density at radius 1 is 1.14 bits per heavy atom. The molecule has 0 aromatic rings. The molecule has 14 heavy (non-hydrogen) atoms. The molecule has 0 radical (unpaired) electrons. The molecule has 82 valence electrons. The van der Waals surface area contributed by atoms with Crippen molar-refractivity contribution in [3.05, 3.63) is 0 Å². The predicted molar refractivity (Wildman–Crippen MR) is 60.2 cm³/mol. The Morgan fingerprint density at radius 3 is 2.50 bits per heavy atom. The first kappa shape index (κ1) is 10.4. The van der Waals surface area contributed by atoms with Gasteiger partial charge in [0.05, 0.1) is 0 Å². The summed E-state index contributed by atoms with van der Waals surface area (Å²) < 4.78 is 0. The molecule has 0 aromatic heterocycles. The summed E-state index contributed by atoms with van der Waals surface area (Å²) in [7, 11) is 0. The fourth-order valence-corrected chi connectivity index (χ4v) is 2.92. The molecule has 0 aliphatic heterocycles. The first-order valence-corrected chi connectivity index (χ1v) is 6.27. The zero-order chi connectivity index (χ0) is 9.97. The Bertz CT molecular complexity index is 177. The number of rotatable bonds is 4. The second-order valence-corrected chi connectivity index (χ2v) is 5.18. The van der Waals surface area contributed by atoms with Crippen LogP contribution in [0, 0.1) is 5.92 Å². The van der Waals surface area contributed by atoms with Crippen molar-refractivity contribution in [2.75, 3.05) is 13.1 Å². The molecular formula is C12H24N2. The Hall–Kier alpha value is -0.0800. The van der Waals surface area contributed by atoms with Crippen LogP contribution in [0.3, 0.4) is 0 Å². The molecule has 2 aliphatic rings. The second kappa shape index (κ2) is 4.63. The summed E-state index contributed by atoms with van der Waals surface area (Å²) >= 11 is 0. The van der Waals surface area contributed by atoms with Crippen LogP contribution in [-0.2, 0) is 0 Å². The molecule has 2 nitrogen and oxygen atoms in total. The molecule has 0 saturated heterocycles. The number of nitrogens with zero attached hydrogens (tertiary/aromatic N) is 1. The van der Waals surface area contributed by atoms with Crippen LogP contribution < -0.4 is 5.73 Å². The standard InChI is InChI=1S/C12H24N2/c1-10-3-2-4-12(9-10)14(8-7-13)11-5-6-11/h10-12H,2-9,13H2,1H3. The molecule has 2 unspecified atom stereocenters. The summed E-state index contributed by atoms with van der Waals surface area (Å²) in [5, 5.41) is 0. The van der Waals surface area contributed by atoms with Gasteiger partial charge in [-0.1, -0.05) is 19.8 Å². The minimum Gasteiger partial charge on any atom is -0.329 e. The van der Waals surface area contributed by atoms with Crippen LogP contribution in [-0.4, -0.2) is 30.1 Å². The quantitative estimate of drug-likeness (QED) is 0.745. The lowest BCUT2D eigenvalue weighted by atomic mass is 9.86. The molecule has 0 aromatic carbocycles. The first-order valence-electron chi connectivity index (χ1n) is 6.27.